The number of carbonyl (C=O) groups excluding carboxylic acids is 2. The summed E-state index contributed by atoms with van der Waals surface area (Å²) in [5.41, 5.74) is 7.14. The molecule has 15 heteroatoms. The van der Waals surface area contributed by atoms with E-state index in [0.29, 0.717) is 27.6 Å². The minimum absolute atomic E-state index is 0.0250. The Labute approximate surface area is 264 Å². The lowest BCUT2D eigenvalue weighted by atomic mass is 9.90. The van der Waals surface area contributed by atoms with Crippen LogP contribution >= 0.6 is 11.8 Å². The van der Waals surface area contributed by atoms with Crippen molar-refractivity contribution in [3.05, 3.63) is 75.9 Å². The van der Waals surface area contributed by atoms with Gasteiger partial charge in [0.15, 0.2) is 5.43 Å². The molecule has 14 nitrogen and oxygen atoms in total. The third-order valence-corrected chi connectivity index (χ3v) is 7.99. The molecule has 2 aromatic rings. The molecular formula is C31H29N3O11S. The molecule has 0 radical (unpaired) electrons. The molecule has 2 aromatic carbocycles. The van der Waals surface area contributed by atoms with Crippen molar-refractivity contribution < 1.29 is 48.8 Å². The standard InChI is InChI=1S/C31H29N3O11S/c32-22(31(43)44)7-8-26(37)34-23(29(40)33-12-27(38)39)14-46-13-15-1-4-18(21(9-15)30(41)42)28-19-5-2-16(35)10-24(19)45-25-11-17(36)3-6-20(25)28/h1-6,9-11,22-23,35H,7-8,12-14,32H2,(H,33,40)(H,34,37)(H,38,39)(H,41,42)(H,43,44)/t22-,23+/m0/s1. The van der Waals surface area contributed by atoms with E-state index in [1.807, 2.05) is 0 Å². The van der Waals surface area contributed by atoms with Crippen molar-refractivity contribution in [3.63, 3.8) is 0 Å². The Kier molecular flexibility index (Phi) is 10.6. The summed E-state index contributed by atoms with van der Waals surface area (Å²) in [5, 5.41) is 43.2. The molecular weight excluding hydrogens is 622 g/mol. The van der Waals surface area contributed by atoms with Crippen LogP contribution in [0.4, 0.5) is 0 Å². The molecule has 1 heterocycles. The quantitative estimate of drug-likeness (QED) is 0.0967. The number of amides is 2. The monoisotopic (exact) mass is 651 g/mol. The van der Waals surface area contributed by atoms with Crippen molar-refractivity contribution in [2.24, 2.45) is 5.73 Å². The number of phenols is 1. The number of thioether (sulfide) groups is 1. The van der Waals surface area contributed by atoms with E-state index >= 15 is 0 Å². The number of carboxylic acid groups (broad SMARTS) is 3. The molecule has 0 saturated heterocycles. The zero-order valence-electron chi connectivity index (χ0n) is 24.0. The number of aliphatic carboxylic acids is 2. The van der Waals surface area contributed by atoms with Crippen LogP contribution in [0.5, 0.6) is 5.75 Å². The molecule has 0 aromatic heterocycles. The number of carbonyl (C=O) groups is 5. The number of nitrogens with one attached hydrogen (secondary N) is 2. The molecule has 46 heavy (non-hydrogen) atoms. The molecule has 2 aliphatic rings. The van der Waals surface area contributed by atoms with Gasteiger partial charge in [0.2, 0.25) is 11.8 Å². The number of hydrogen-bond donors (Lipinski definition) is 7. The van der Waals surface area contributed by atoms with Crippen molar-refractivity contribution in [1.29, 1.82) is 0 Å². The van der Waals surface area contributed by atoms with Gasteiger partial charge in [0, 0.05) is 46.6 Å². The lowest BCUT2D eigenvalue weighted by Gasteiger charge is -2.19. The predicted molar refractivity (Wildman–Crippen MR) is 167 cm³/mol. The maximum Gasteiger partial charge on any atom is 0.336 e. The number of aromatic carboxylic acids is 1. The van der Waals surface area contributed by atoms with Gasteiger partial charge in [0.25, 0.3) is 0 Å². The van der Waals surface area contributed by atoms with E-state index in [-0.39, 0.29) is 52.4 Å². The van der Waals surface area contributed by atoms with Gasteiger partial charge in [-0.25, -0.2) is 4.79 Å². The Hall–Kier alpha value is -5.41. The van der Waals surface area contributed by atoms with Crippen molar-refractivity contribution in [2.75, 3.05) is 12.3 Å². The summed E-state index contributed by atoms with van der Waals surface area (Å²) in [6, 6.07) is 10.8. The van der Waals surface area contributed by atoms with Gasteiger partial charge in [-0.05, 0) is 47.9 Å². The maximum absolute atomic E-state index is 12.6. The van der Waals surface area contributed by atoms with Gasteiger partial charge in [0.1, 0.15) is 35.7 Å². The minimum Gasteiger partial charge on any atom is -0.508 e. The topological polar surface area (TPSA) is 247 Å². The van der Waals surface area contributed by atoms with Gasteiger partial charge >= 0.3 is 17.9 Å². The average Bonchev–Trinajstić information content (AvgIpc) is 3.00. The molecule has 1 aliphatic heterocycles. The van der Waals surface area contributed by atoms with Crippen LogP contribution in [-0.4, -0.2) is 74.5 Å². The van der Waals surface area contributed by atoms with Gasteiger partial charge in [-0.2, -0.15) is 11.8 Å². The summed E-state index contributed by atoms with van der Waals surface area (Å²) in [6.07, 6.45) is -0.461. The van der Waals surface area contributed by atoms with Crippen molar-refractivity contribution >= 4 is 52.5 Å². The Morgan fingerprint density at radius 2 is 1.67 bits per heavy atom. The van der Waals surface area contributed by atoms with Crippen molar-refractivity contribution in [1.82, 2.24) is 10.6 Å². The van der Waals surface area contributed by atoms with Gasteiger partial charge < -0.3 is 41.2 Å². The number of aromatic hydroxyl groups is 1. The number of phenolic OH excluding ortho intramolecular Hbond substituents is 1. The van der Waals surface area contributed by atoms with Crippen LogP contribution in [0.15, 0.2) is 63.8 Å². The van der Waals surface area contributed by atoms with Gasteiger partial charge in [-0.3, -0.25) is 24.0 Å². The summed E-state index contributed by atoms with van der Waals surface area (Å²) in [7, 11) is 0. The summed E-state index contributed by atoms with van der Waals surface area (Å²) in [4.78, 5) is 71.4. The SMILES string of the molecule is N[C@@H](CCC(=O)N[C@H](CSCc1ccc(-c2c3ccc(=O)cc-3oc3cc(O)ccc23)c(C(=O)O)c1)C(=O)NCC(=O)O)C(=O)O. The Balaban J connectivity index is 1.59. The largest absolute Gasteiger partial charge is 0.508 e. The smallest absolute Gasteiger partial charge is 0.336 e. The maximum atomic E-state index is 12.6. The van der Waals surface area contributed by atoms with E-state index in [4.69, 9.17) is 20.4 Å². The molecule has 0 bridgehead atoms. The van der Waals surface area contributed by atoms with Gasteiger partial charge in [0.05, 0.1) is 5.56 Å². The number of fused-ring (bicyclic) bond motifs is 2. The Morgan fingerprint density at radius 1 is 0.935 bits per heavy atom. The fraction of sp³-hybridized carbons (Fsp3) is 0.226. The summed E-state index contributed by atoms with van der Waals surface area (Å²) in [6.45, 7) is -0.685. The van der Waals surface area contributed by atoms with E-state index in [1.165, 1.54) is 48.2 Å². The second kappa shape index (κ2) is 14.6. The number of carboxylic acids is 3. The molecule has 8 N–H and O–H groups in total. The number of rotatable bonds is 14. The van der Waals surface area contributed by atoms with E-state index in [9.17, 15) is 39.0 Å². The first-order valence-corrected chi connectivity index (χ1v) is 14.9. The van der Waals surface area contributed by atoms with Crippen molar-refractivity contribution in [2.45, 2.75) is 30.7 Å². The Morgan fingerprint density at radius 3 is 2.37 bits per heavy atom. The molecule has 240 valence electrons. The second-order valence-electron chi connectivity index (χ2n) is 10.2. The first kappa shape index (κ1) is 33.5. The highest BCUT2D eigenvalue weighted by Crippen LogP contribution is 2.42. The highest BCUT2D eigenvalue weighted by Gasteiger charge is 2.24. The van der Waals surface area contributed by atoms with E-state index < -0.39 is 48.4 Å². The number of hydrogen-bond acceptors (Lipinski definition) is 10. The second-order valence-corrected chi connectivity index (χ2v) is 11.3. The molecule has 1 aliphatic carbocycles. The van der Waals surface area contributed by atoms with E-state index in [2.05, 4.69) is 10.6 Å². The summed E-state index contributed by atoms with van der Waals surface area (Å²) < 4.78 is 5.85. The molecule has 0 saturated carbocycles. The minimum atomic E-state index is -1.29. The molecule has 2 atom stereocenters. The van der Waals surface area contributed by atoms with E-state index in [1.54, 1.807) is 18.2 Å². The highest BCUT2D eigenvalue weighted by atomic mass is 32.2. The van der Waals surface area contributed by atoms with Crippen molar-refractivity contribution in [3.8, 4) is 28.2 Å². The lowest BCUT2D eigenvalue weighted by Crippen LogP contribution is -2.49. The van der Waals surface area contributed by atoms with Crippen LogP contribution in [0.1, 0.15) is 28.8 Å². The molecule has 2 amide bonds. The normalized spacial score (nSPS) is 12.4. The average molecular weight is 652 g/mol. The lowest BCUT2D eigenvalue weighted by molar-refractivity contribution is -0.139. The summed E-state index contributed by atoms with van der Waals surface area (Å²) >= 11 is 1.17. The zero-order chi connectivity index (χ0) is 33.5. The van der Waals surface area contributed by atoms with Crippen LogP contribution in [-0.2, 0) is 24.9 Å². The number of benzene rings is 3. The van der Waals surface area contributed by atoms with Crippen LogP contribution in [0.3, 0.4) is 0 Å². The summed E-state index contributed by atoms with van der Waals surface area (Å²) in [5.74, 6) is -4.95. The Bertz CT molecular complexity index is 1860. The molecule has 4 rings (SSSR count). The fourth-order valence-corrected chi connectivity index (χ4v) is 5.67. The first-order chi connectivity index (χ1) is 21.8. The molecule has 0 unspecified atom stereocenters. The van der Waals surface area contributed by atoms with Gasteiger partial charge in [-0.1, -0.05) is 12.1 Å². The zero-order valence-corrected chi connectivity index (χ0v) is 24.8. The van der Waals surface area contributed by atoms with Crippen LogP contribution in [0, 0.1) is 0 Å². The van der Waals surface area contributed by atoms with Crippen LogP contribution in [0.2, 0.25) is 0 Å². The fourth-order valence-electron chi connectivity index (χ4n) is 4.67. The number of nitrogens with two attached hydrogens (primary N) is 1. The van der Waals surface area contributed by atoms with Gasteiger partial charge in [-0.15, -0.1) is 0 Å². The first-order valence-electron chi connectivity index (χ1n) is 13.7. The molecule has 0 fully saturated rings. The third kappa shape index (κ3) is 8.19. The van der Waals surface area contributed by atoms with Crippen LogP contribution < -0.4 is 21.8 Å². The van der Waals surface area contributed by atoms with Crippen LogP contribution in [0.25, 0.3) is 33.4 Å². The molecule has 0 spiro atoms. The third-order valence-electron chi connectivity index (χ3n) is 6.88. The van der Waals surface area contributed by atoms with E-state index in [0.717, 1.165) is 0 Å². The predicted octanol–water partition coefficient (Wildman–Crippen LogP) is 2.08. The highest BCUT2D eigenvalue weighted by molar-refractivity contribution is 7.98.